The van der Waals surface area contributed by atoms with E-state index in [0.29, 0.717) is 11.6 Å². The molecule has 13 heavy (non-hydrogen) atoms. The number of hydrogen-bond acceptors (Lipinski definition) is 6. The summed E-state index contributed by atoms with van der Waals surface area (Å²) in [7, 11) is 0. The predicted octanol–water partition coefficient (Wildman–Crippen LogP) is -0.670. The van der Waals surface area contributed by atoms with Crippen LogP contribution in [0.5, 0.6) is 0 Å². The first-order valence-electron chi connectivity index (χ1n) is 3.89. The van der Waals surface area contributed by atoms with Gasteiger partial charge >= 0.3 is 0 Å². The van der Waals surface area contributed by atoms with Crippen molar-refractivity contribution in [2.75, 3.05) is 24.2 Å². The standard InChI is InChI=1S/C7H13N3O3/c1-4-6(13-7(8)10-4)9-2-5(12)3-11/h5,9,11-12H,2-3H2,1H3,(H2,8,10). The minimum Gasteiger partial charge on any atom is -0.407 e. The van der Waals surface area contributed by atoms with E-state index in [2.05, 4.69) is 10.3 Å². The van der Waals surface area contributed by atoms with Gasteiger partial charge < -0.3 is 25.7 Å². The topological polar surface area (TPSA) is 105 Å². The minimum absolute atomic E-state index is 0.0819. The van der Waals surface area contributed by atoms with Crippen LogP contribution >= 0.6 is 0 Å². The van der Waals surface area contributed by atoms with Gasteiger partial charge in [-0.05, 0) is 6.92 Å². The van der Waals surface area contributed by atoms with Crippen molar-refractivity contribution in [2.24, 2.45) is 0 Å². The van der Waals surface area contributed by atoms with E-state index in [1.165, 1.54) is 0 Å². The van der Waals surface area contributed by atoms with Crippen LogP contribution in [-0.4, -0.2) is 34.5 Å². The lowest BCUT2D eigenvalue weighted by atomic mass is 10.4. The SMILES string of the molecule is Cc1nc(N)oc1NCC(O)CO. The van der Waals surface area contributed by atoms with Gasteiger partial charge in [0.25, 0.3) is 6.01 Å². The van der Waals surface area contributed by atoms with Crippen LogP contribution in [0.25, 0.3) is 0 Å². The molecule has 1 aromatic heterocycles. The van der Waals surface area contributed by atoms with Crippen LogP contribution in [0.2, 0.25) is 0 Å². The first-order valence-corrected chi connectivity index (χ1v) is 3.89. The highest BCUT2D eigenvalue weighted by Crippen LogP contribution is 2.16. The zero-order chi connectivity index (χ0) is 9.84. The Labute approximate surface area is 75.4 Å². The third kappa shape index (κ3) is 2.60. The van der Waals surface area contributed by atoms with Crippen molar-refractivity contribution in [3.8, 4) is 0 Å². The number of nitrogens with zero attached hydrogens (tertiary/aromatic N) is 1. The van der Waals surface area contributed by atoms with Crippen LogP contribution in [0.4, 0.5) is 11.9 Å². The summed E-state index contributed by atoms with van der Waals surface area (Å²) in [6, 6.07) is 0.0819. The van der Waals surface area contributed by atoms with Gasteiger partial charge in [-0.3, -0.25) is 0 Å². The van der Waals surface area contributed by atoms with E-state index in [-0.39, 0.29) is 19.2 Å². The fourth-order valence-corrected chi connectivity index (χ4v) is 0.856. The molecule has 0 fully saturated rings. The fraction of sp³-hybridized carbons (Fsp3) is 0.571. The summed E-state index contributed by atoms with van der Waals surface area (Å²) < 4.78 is 4.97. The van der Waals surface area contributed by atoms with Gasteiger partial charge in [-0.25, -0.2) is 0 Å². The maximum Gasteiger partial charge on any atom is 0.293 e. The van der Waals surface area contributed by atoms with Gasteiger partial charge in [-0.15, -0.1) is 0 Å². The Morgan fingerprint density at radius 2 is 2.38 bits per heavy atom. The molecule has 1 aromatic rings. The van der Waals surface area contributed by atoms with Crippen LogP contribution in [0.1, 0.15) is 5.69 Å². The van der Waals surface area contributed by atoms with E-state index < -0.39 is 6.10 Å². The summed E-state index contributed by atoms with van der Waals surface area (Å²) >= 11 is 0. The van der Waals surface area contributed by atoms with Gasteiger partial charge in [0, 0.05) is 6.54 Å². The van der Waals surface area contributed by atoms with Crippen molar-refractivity contribution in [2.45, 2.75) is 13.0 Å². The summed E-state index contributed by atoms with van der Waals surface area (Å²) in [5.74, 6) is 0.421. The maximum absolute atomic E-state index is 9.01. The molecule has 5 N–H and O–H groups in total. The van der Waals surface area contributed by atoms with E-state index in [0.717, 1.165) is 0 Å². The molecule has 0 amide bonds. The summed E-state index contributed by atoms with van der Waals surface area (Å²) in [4.78, 5) is 3.82. The Morgan fingerprint density at radius 1 is 1.69 bits per heavy atom. The number of nitrogen functional groups attached to an aromatic ring is 1. The maximum atomic E-state index is 9.01. The molecule has 0 saturated heterocycles. The zero-order valence-corrected chi connectivity index (χ0v) is 7.32. The summed E-state index contributed by atoms with van der Waals surface area (Å²) in [5.41, 5.74) is 5.92. The quantitative estimate of drug-likeness (QED) is 0.498. The average Bonchev–Trinajstić information content (AvgIpc) is 2.41. The number of oxazole rings is 1. The largest absolute Gasteiger partial charge is 0.407 e. The van der Waals surface area contributed by atoms with Gasteiger partial charge in [0.15, 0.2) is 0 Å². The highest BCUT2D eigenvalue weighted by molar-refractivity contribution is 5.40. The number of aromatic nitrogens is 1. The van der Waals surface area contributed by atoms with Gasteiger partial charge in [-0.1, -0.05) is 0 Å². The van der Waals surface area contributed by atoms with Gasteiger partial charge in [0.2, 0.25) is 5.88 Å². The molecule has 0 aromatic carbocycles. The second kappa shape index (κ2) is 4.11. The second-order valence-electron chi connectivity index (χ2n) is 2.68. The number of aliphatic hydroxyl groups is 2. The molecule has 6 heteroatoms. The molecule has 1 unspecified atom stereocenters. The molecule has 0 saturated carbocycles. The number of rotatable bonds is 4. The smallest absolute Gasteiger partial charge is 0.293 e. The van der Waals surface area contributed by atoms with E-state index in [9.17, 15) is 0 Å². The Balaban J connectivity index is 2.49. The van der Waals surface area contributed by atoms with Crippen LogP contribution < -0.4 is 11.1 Å². The third-order valence-electron chi connectivity index (χ3n) is 1.52. The Morgan fingerprint density at radius 3 is 2.85 bits per heavy atom. The molecule has 74 valence electrons. The van der Waals surface area contributed by atoms with Crippen molar-refractivity contribution < 1.29 is 14.6 Å². The van der Waals surface area contributed by atoms with E-state index in [4.69, 9.17) is 20.4 Å². The number of nitrogens with two attached hydrogens (primary N) is 1. The minimum atomic E-state index is -0.814. The van der Waals surface area contributed by atoms with E-state index >= 15 is 0 Å². The van der Waals surface area contributed by atoms with Crippen molar-refractivity contribution in [1.29, 1.82) is 0 Å². The summed E-state index contributed by atoms with van der Waals surface area (Å²) in [5, 5.41) is 20.3. The molecule has 0 aliphatic carbocycles. The fourth-order valence-electron chi connectivity index (χ4n) is 0.856. The molecule has 0 bridgehead atoms. The molecule has 0 aliphatic heterocycles. The number of hydrogen-bond donors (Lipinski definition) is 4. The van der Waals surface area contributed by atoms with Crippen molar-refractivity contribution in [3.05, 3.63) is 5.69 Å². The first-order chi connectivity index (χ1) is 6.13. The van der Waals surface area contributed by atoms with Crippen LogP contribution in [0.15, 0.2) is 4.42 Å². The molecule has 1 atom stereocenters. The first kappa shape index (κ1) is 9.82. The highest BCUT2D eigenvalue weighted by atomic mass is 16.4. The lowest BCUT2D eigenvalue weighted by molar-refractivity contribution is 0.105. The van der Waals surface area contributed by atoms with Crippen molar-refractivity contribution >= 4 is 11.9 Å². The lowest BCUT2D eigenvalue weighted by Gasteiger charge is -2.07. The van der Waals surface area contributed by atoms with Crippen LogP contribution in [0.3, 0.4) is 0 Å². The molecule has 0 radical (unpaired) electrons. The molecule has 0 spiro atoms. The second-order valence-corrected chi connectivity index (χ2v) is 2.68. The molecule has 6 nitrogen and oxygen atoms in total. The third-order valence-corrected chi connectivity index (χ3v) is 1.52. The predicted molar refractivity (Wildman–Crippen MR) is 47.2 cm³/mol. The summed E-state index contributed by atoms with van der Waals surface area (Å²) in [6.07, 6.45) is -0.814. The number of aliphatic hydroxyl groups excluding tert-OH is 2. The van der Waals surface area contributed by atoms with Gasteiger partial charge in [0.1, 0.15) is 5.69 Å². The number of anilines is 2. The molecular weight excluding hydrogens is 174 g/mol. The highest BCUT2D eigenvalue weighted by Gasteiger charge is 2.08. The monoisotopic (exact) mass is 187 g/mol. The molecular formula is C7H13N3O3. The number of nitrogens with one attached hydrogen (secondary N) is 1. The van der Waals surface area contributed by atoms with Crippen molar-refractivity contribution in [3.63, 3.8) is 0 Å². The van der Waals surface area contributed by atoms with Gasteiger partial charge in [0.05, 0.1) is 12.7 Å². The van der Waals surface area contributed by atoms with Crippen molar-refractivity contribution in [1.82, 2.24) is 4.98 Å². The van der Waals surface area contributed by atoms with Crippen LogP contribution in [0, 0.1) is 6.92 Å². The Hall–Kier alpha value is -1.27. The lowest BCUT2D eigenvalue weighted by Crippen LogP contribution is -2.22. The number of aryl methyl sites for hydroxylation is 1. The Bertz CT molecular complexity index is 274. The molecule has 1 rings (SSSR count). The average molecular weight is 187 g/mol. The normalized spacial score (nSPS) is 12.8. The summed E-state index contributed by atoms with van der Waals surface area (Å²) in [6.45, 7) is 1.63. The zero-order valence-electron chi connectivity index (χ0n) is 7.32. The molecule has 0 aliphatic rings. The Kier molecular flexibility index (Phi) is 3.10. The van der Waals surface area contributed by atoms with Crippen LogP contribution in [-0.2, 0) is 0 Å². The molecule has 1 heterocycles. The van der Waals surface area contributed by atoms with Gasteiger partial charge in [-0.2, -0.15) is 4.98 Å². The van der Waals surface area contributed by atoms with E-state index in [1.807, 2.05) is 0 Å². The van der Waals surface area contributed by atoms with E-state index in [1.54, 1.807) is 6.92 Å².